The Balaban J connectivity index is 2.35. The van der Waals surface area contributed by atoms with Crippen LogP contribution >= 0.6 is 11.6 Å². The van der Waals surface area contributed by atoms with Gasteiger partial charge in [-0.15, -0.1) is 0 Å². The fourth-order valence-corrected chi connectivity index (χ4v) is 2.75. The molecule has 5 nitrogen and oxygen atoms in total. The molecule has 0 spiro atoms. The van der Waals surface area contributed by atoms with Crippen LogP contribution in [0.25, 0.3) is 0 Å². The van der Waals surface area contributed by atoms with Gasteiger partial charge in [0, 0.05) is 5.02 Å². The highest BCUT2D eigenvalue weighted by Gasteiger charge is 2.17. The van der Waals surface area contributed by atoms with Gasteiger partial charge in [-0.1, -0.05) is 11.6 Å². The molecule has 0 atom stereocenters. The van der Waals surface area contributed by atoms with Crippen LogP contribution in [0.1, 0.15) is 0 Å². The van der Waals surface area contributed by atoms with E-state index in [0.717, 1.165) is 12.3 Å². The van der Waals surface area contributed by atoms with E-state index in [9.17, 15) is 12.8 Å². The van der Waals surface area contributed by atoms with Gasteiger partial charge in [0.1, 0.15) is 4.90 Å². The van der Waals surface area contributed by atoms with Crippen molar-refractivity contribution in [2.45, 2.75) is 4.90 Å². The van der Waals surface area contributed by atoms with Crippen molar-refractivity contribution in [1.29, 1.82) is 0 Å². The molecule has 0 aliphatic heterocycles. The van der Waals surface area contributed by atoms with Gasteiger partial charge in [-0.25, -0.2) is 13.4 Å². The first-order valence-electron chi connectivity index (χ1n) is 5.08. The van der Waals surface area contributed by atoms with Gasteiger partial charge < -0.3 is 5.73 Å². The van der Waals surface area contributed by atoms with Crippen LogP contribution in [0.3, 0.4) is 0 Å². The van der Waals surface area contributed by atoms with E-state index in [1.54, 1.807) is 0 Å². The maximum Gasteiger partial charge on any atom is 0.263 e. The van der Waals surface area contributed by atoms with Crippen molar-refractivity contribution < 1.29 is 12.8 Å². The topological polar surface area (TPSA) is 85.1 Å². The molecule has 0 bridgehead atoms. The molecule has 0 saturated carbocycles. The van der Waals surface area contributed by atoms with Crippen LogP contribution in [0.5, 0.6) is 0 Å². The third-order valence-corrected chi connectivity index (χ3v) is 3.93. The molecule has 3 N–H and O–H groups in total. The largest absolute Gasteiger partial charge is 0.398 e. The minimum atomic E-state index is -3.87. The minimum Gasteiger partial charge on any atom is -0.398 e. The standard InChI is InChI=1S/C11H9ClFN3O2S/c12-7-1-3-10(9(14)5-7)19(17,18)16-8-2-4-11(13)15-6-8/h1-6,16H,14H2. The lowest BCUT2D eigenvalue weighted by Gasteiger charge is -2.09. The van der Waals surface area contributed by atoms with Crippen LogP contribution in [-0.2, 0) is 10.0 Å². The van der Waals surface area contributed by atoms with Gasteiger partial charge in [0.05, 0.1) is 17.6 Å². The molecule has 0 amide bonds. The summed E-state index contributed by atoms with van der Waals surface area (Å²) in [4.78, 5) is 3.24. The van der Waals surface area contributed by atoms with Crippen molar-refractivity contribution in [2.75, 3.05) is 10.5 Å². The van der Waals surface area contributed by atoms with E-state index in [2.05, 4.69) is 9.71 Å². The SMILES string of the molecule is Nc1cc(Cl)ccc1S(=O)(=O)Nc1ccc(F)nc1. The molecule has 0 aliphatic carbocycles. The third kappa shape index (κ3) is 3.12. The highest BCUT2D eigenvalue weighted by Crippen LogP contribution is 2.24. The number of anilines is 2. The van der Waals surface area contributed by atoms with Crippen LogP contribution in [0.15, 0.2) is 41.4 Å². The summed E-state index contributed by atoms with van der Waals surface area (Å²) in [6.45, 7) is 0. The van der Waals surface area contributed by atoms with Crippen molar-refractivity contribution in [3.05, 3.63) is 47.5 Å². The minimum absolute atomic E-state index is 0.0232. The van der Waals surface area contributed by atoms with Crippen LogP contribution in [0.4, 0.5) is 15.8 Å². The predicted molar refractivity (Wildman–Crippen MR) is 70.9 cm³/mol. The number of nitrogen functional groups attached to an aromatic ring is 1. The Morgan fingerprint density at radius 1 is 1.26 bits per heavy atom. The highest BCUT2D eigenvalue weighted by atomic mass is 35.5. The molecule has 0 unspecified atom stereocenters. The Kier molecular flexibility index (Phi) is 3.59. The van der Waals surface area contributed by atoms with Crippen molar-refractivity contribution in [3.8, 4) is 0 Å². The third-order valence-electron chi connectivity index (χ3n) is 2.24. The summed E-state index contributed by atoms with van der Waals surface area (Å²) >= 11 is 5.70. The molecule has 8 heteroatoms. The molecular weight excluding hydrogens is 293 g/mol. The molecule has 1 aromatic heterocycles. The number of rotatable bonds is 3. The molecule has 1 aromatic carbocycles. The van der Waals surface area contributed by atoms with Crippen LogP contribution in [-0.4, -0.2) is 13.4 Å². The van der Waals surface area contributed by atoms with E-state index < -0.39 is 16.0 Å². The van der Waals surface area contributed by atoms with Gasteiger partial charge in [-0.05, 0) is 30.3 Å². The molecule has 0 aliphatic rings. The lowest BCUT2D eigenvalue weighted by molar-refractivity contribution is 0.583. The Morgan fingerprint density at radius 2 is 2.00 bits per heavy atom. The van der Waals surface area contributed by atoms with Crippen LogP contribution in [0.2, 0.25) is 5.02 Å². The Hall–Kier alpha value is -1.86. The number of halogens is 2. The first kappa shape index (κ1) is 13.6. The molecule has 1 heterocycles. The maximum absolute atomic E-state index is 12.6. The first-order valence-corrected chi connectivity index (χ1v) is 6.94. The molecule has 2 rings (SSSR count). The zero-order valence-corrected chi connectivity index (χ0v) is 11.0. The molecular formula is C11H9ClFN3O2S. The quantitative estimate of drug-likeness (QED) is 0.672. The fraction of sp³-hybridized carbons (Fsp3) is 0. The number of hydrogen-bond acceptors (Lipinski definition) is 4. The maximum atomic E-state index is 12.6. The lowest BCUT2D eigenvalue weighted by atomic mass is 10.3. The number of aromatic nitrogens is 1. The molecule has 0 saturated heterocycles. The number of nitrogens with zero attached hydrogens (tertiary/aromatic N) is 1. The summed E-state index contributed by atoms with van der Waals surface area (Å²) in [6, 6.07) is 6.33. The number of nitrogens with two attached hydrogens (primary N) is 1. The van der Waals surface area contributed by atoms with Crippen LogP contribution < -0.4 is 10.5 Å². The predicted octanol–water partition coefficient (Wildman–Crippen LogP) is 2.26. The van der Waals surface area contributed by atoms with Gasteiger partial charge in [0.25, 0.3) is 10.0 Å². The van der Waals surface area contributed by atoms with Crippen molar-refractivity contribution >= 4 is 33.0 Å². The van der Waals surface area contributed by atoms with Gasteiger partial charge in [-0.2, -0.15) is 4.39 Å². The number of sulfonamides is 1. The normalized spacial score (nSPS) is 11.3. The number of nitrogens with one attached hydrogen (secondary N) is 1. The Morgan fingerprint density at radius 3 is 2.58 bits per heavy atom. The summed E-state index contributed by atoms with van der Waals surface area (Å²) in [5.74, 6) is -0.700. The van der Waals surface area contributed by atoms with Gasteiger partial charge in [0.2, 0.25) is 5.95 Å². The van der Waals surface area contributed by atoms with E-state index in [4.69, 9.17) is 17.3 Å². The highest BCUT2D eigenvalue weighted by molar-refractivity contribution is 7.92. The Bertz CT molecular complexity index is 704. The molecule has 100 valence electrons. The second-order valence-electron chi connectivity index (χ2n) is 3.66. The Labute approximate surface area is 114 Å². The van der Waals surface area contributed by atoms with Crippen LogP contribution in [0, 0.1) is 5.95 Å². The molecule has 19 heavy (non-hydrogen) atoms. The summed E-state index contributed by atoms with van der Waals surface area (Å²) < 4.78 is 39.0. The fourth-order valence-electron chi connectivity index (χ4n) is 1.41. The van der Waals surface area contributed by atoms with E-state index >= 15 is 0 Å². The zero-order chi connectivity index (χ0) is 14.0. The summed E-state index contributed by atoms with van der Waals surface area (Å²) in [5, 5.41) is 0.333. The van der Waals surface area contributed by atoms with E-state index in [-0.39, 0.29) is 16.3 Å². The molecule has 2 aromatic rings. The second kappa shape index (κ2) is 5.02. The average Bonchev–Trinajstić information content (AvgIpc) is 2.31. The number of pyridine rings is 1. The smallest absolute Gasteiger partial charge is 0.263 e. The molecule has 0 radical (unpaired) electrons. The molecule has 0 fully saturated rings. The monoisotopic (exact) mass is 301 g/mol. The van der Waals surface area contributed by atoms with Crippen molar-refractivity contribution in [1.82, 2.24) is 4.98 Å². The van der Waals surface area contributed by atoms with Gasteiger partial charge >= 0.3 is 0 Å². The summed E-state index contributed by atoms with van der Waals surface area (Å²) in [7, 11) is -3.87. The summed E-state index contributed by atoms with van der Waals surface area (Å²) in [6.07, 6.45) is 1.07. The average molecular weight is 302 g/mol. The van der Waals surface area contributed by atoms with Gasteiger partial charge in [0.15, 0.2) is 0 Å². The number of benzene rings is 1. The first-order chi connectivity index (χ1) is 8.88. The number of hydrogen-bond donors (Lipinski definition) is 2. The zero-order valence-electron chi connectivity index (χ0n) is 9.47. The summed E-state index contributed by atoms with van der Waals surface area (Å²) in [5.41, 5.74) is 5.76. The van der Waals surface area contributed by atoms with E-state index in [1.165, 1.54) is 24.3 Å². The van der Waals surface area contributed by atoms with Crippen molar-refractivity contribution in [3.63, 3.8) is 0 Å². The van der Waals surface area contributed by atoms with Gasteiger partial charge in [-0.3, -0.25) is 4.72 Å². The lowest BCUT2D eigenvalue weighted by Crippen LogP contribution is -2.15. The van der Waals surface area contributed by atoms with E-state index in [0.29, 0.717) is 5.02 Å². The van der Waals surface area contributed by atoms with E-state index in [1.807, 2.05) is 0 Å². The second-order valence-corrected chi connectivity index (χ2v) is 5.74. The van der Waals surface area contributed by atoms with Crippen molar-refractivity contribution in [2.24, 2.45) is 0 Å².